The normalized spacial score (nSPS) is 11.5. The summed E-state index contributed by atoms with van der Waals surface area (Å²) in [6, 6.07) is 19.3. The van der Waals surface area contributed by atoms with Crippen LogP contribution in [0.15, 0.2) is 83.8 Å². The third-order valence-corrected chi connectivity index (χ3v) is 5.43. The van der Waals surface area contributed by atoms with Gasteiger partial charge >= 0.3 is 0 Å². The number of halogens is 1. The molecule has 3 aromatic rings. The first-order valence-electron chi connectivity index (χ1n) is 8.01. The maximum absolute atomic E-state index is 14.2. The fourth-order valence-electron chi connectivity index (χ4n) is 2.67. The number of aromatic carboxylic acids is 1. The largest absolute Gasteiger partial charge is 0.545 e. The average Bonchev–Trinajstić information content (AvgIpc) is 2.67. The molecule has 0 radical (unpaired) electrons. The van der Waals surface area contributed by atoms with E-state index in [-0.39, 0.29) is 0 Å². The summed E-state index contributed by atoms with van der Waals surface area (Å²) in [7, 11) is -4.36. The molecular weight excluding hydrogens is 369 g/mol. The molecule has 0 fully saturated rings. The smallest absolute Gasteiger partial charge is 0.244 e. The molecule has 1 N–H and O–H groups in total. The monoisotopic (exact) mass is 384 g/mol. The molecule has 0 unspecified atom stereocenters. The van der Waals surface area contributed by atoms with Crippen LogP contribution in [0.1, 0.15) is 27.5 Å². The molecule has 5 nitrogen and oxygen atoms in total. The van der Waals surface area contributed by atoms with Gasteiger partial charge in [-0.1, -0.05) is 66.7 Å². The number of nitrogens with one attached hydrogen (secondary N) is 1. The highest BCUT2D eigenvalue weighted by Crippen LogP contribution is 2.25. The summed E-state index contributed by atoms with van der Waals surface area (Å²) in [4.78, 5) is 10.3. The van der Waals surface area contributed by atoms with Crippen LogP contribution >= 0.6 is 0 Å². The molecule has 0 amide bonds. The molecule has 0 aliphatic rings. The molecule has 3 rings (SSSR count). The number of carbonyl (C=O) groups excluding carboxylic acids is 1. The van der Waals surface area contributed by atoms with E-state index in [9.17, 15) is 22.7 Å². The lowest BCUT2D eigenvalue weighted by Crippen LogP contribution is -2.30. The van der Waals surface area contributed by atoms with E-state index in [1.54, 1.807) is 60.7 Å². The molecule has 7 heteroatoms. The molecule has 27 heavy (non-hydrogen) atoms. The second kappa shape index (κ2) is 7.69. The number of hydrogen-bond donors (Lipinski definition) is 1. The quantitative estimate of drug-likeness (QED) is 0.706. The SMILES string of the molecule is O=C([O-])c1ccc(F)c(S(=O)(=O)NC(c2ccccc2)c2ccccc2)c1. The molecule has 0 atom stereocenters. The van der Waals surface area contributed by atoms with Crippen LogP contribution in [0, 0.1) is 5.82 Å². The minimum Gasteiger partial charge on any atom is -0.545 e. The van der Waals surface area contributed by atoms with Gasteiger partial charge in [0.15, 0.2) is 0 Å². The van der Waals surface area contributed by atoms with Gasteiger partial charge in [-0.05, 0) is 28.8 Å². The van der Waals surface area contributed by atoms with Gasteiger partial charge in [-0.2, -0.15) is 4.72 Å². The summed E-state index contributed by atoms with van der Waals surface area (Å²) in [5.74, 6) is -2.64. The van der Waals surface area contributed by atoms with E-state index in [2.05, 4.69) is 4.72 Å². The van der Waals surface area contributed by atoms with Gasteiger partial charge in [-0.3, -0.25) is 0 Å². The molecule has 138 valence electrons. The number of rotatable bonds is 6. The van der Waals surface area contributed by atoms with Gasteiger partial charge in [0, 0.05) is 0 Å². The first-order chi connectivity index (χ1) is 12.9. The van der Waals surface area contributed by atoms with Crippen LogP contribution in [-0.2, 0) is 10.0 Å². The lowest BCUT2D eigenvalue weighted by Gasteiger charge is -2.20. The predicted octanol–water partition coefficient (Wildman–Crippen LogP) is 2.26. The Labute approximate surface area is 156 Å². The number of benzene rings is 3. The highest BCUT2D eigenvalue weighted by atomic mass is 32.2. The first-order valence-corrected chi connectivity index (χ1v) is 9.50. The standard InChI is InChI=1S/C20H16FNO4S/c21-17-12-11-16(20(23)24)13-18(17)27(25,26)22-19(14-7-3-1-4-8-14)15-9-5-2-6-10-15/h1-13,19,22H,(H,23,24)/p-1. The van der Waals surface area contributed by atoms with Crippen LogP contribution in [0.2, 0.25) is 0 Å². The fourth-order valence-corrected chi connectivity index (χ4v) is 3.99. The fraction of sp³-hybridized carbons (Fsp3) is 0.0500. The summed E-state index contributed by atoms with van der Waals surface area (Å²) >= 11 is 0. The van der Waals surface area contributed by atoms with E-state index in [0.29, 0.717) is 11.1 Å². The Hall–Kier alpha value is -3.03. The van der Waals surface area contributed by atoms with Gasteiger partial charge in [0.05, 0.1) is 12.0 Å². The summed E-state index contributed by atoms with van der Waals surface area (Å²) in [5.41, 5.74) is 0.889. The van der Waals surface area contributed by atoms with E-state index >= 15 is 0 Å². The van der Waals surface area contributed by atoms with Gasteiger partial charge in [0.1, 0.15) is 10.7 Å². The Kier molecular flexibility index (Phi) is 5.34. The van der Waals surface area contributed by atoms with E-state index in [0.717, 1.165) is 18.2 Å². The van der Waals surface area contributed by atoms with Crippen LogP contribution in [0.3, 0.4) is 0 Å². The van der Waals surface area contributed by atoms with E-state index in [1.165, 1.54) is 0 Å². The molecule has 0 aromatic heterocycles. The number of carboxylic acids is 1. The number of hydrogen-bond acceptors (Lipinski definition) is 4. The van der Waals surface area contributed by atoms with Crippen LogP contribution in [0.25, 0.3) is 0 Å². The highest BCUT2D eigenvalue weighted by molar-refractivity contribution is 7.89. The van der Waals surface area contributed by atoms with Crippen molar-refractivity contribution in [3.05, 3.63) is 101 Å². The van der Waals surface area contributed by atoms with Crippen molar-refractivity contribution in [2.75, 3.05) is 0 Å². The van der Waals surface area contributed by atoms with Gasteiger partial charge in [0.2, 0.25) is 10.0 Å². The van der Waals surface area contributed by atoms with Crippen LogP contribution < -0.4 is 9.83 Å². The van der Waals surface area contributed by atoms with Gasteiger partial charge in [0.25, 0.3) is 0 Å². The zero-order valence-electron chi connectivity index (χ0n) is 14.0. The average molecular weight is 384 g/mol. The van der Waals surface area contributed by atoms with Crippen LogP contribution in [0.5, 0.6) is 0 Å². The van der Waals surface area contributed by atoms with Crippen molar-refractivity contribution < 1.29 is 22.7 Å². The van der Waals surface area contributed by atoms with Crippen molar-refractivity contribution in [2.24, 2.45) is 0 Å². The topological polar surface area (TPSA) is 86.3 Å². The molecular formula is C20H15FNO4S-. The molecule has 0 aliphatic heterocycles. The van der Waals surface area contributed by atoms with Gasteiger partial charge in [-0.25, -0.2) is 12.8 Å². The summed E-state index contributed by atoms with van der Waals surface area (Å²) in [6.45, 7) is 0. The molecule has 0 saturated carbocycles. The van der Waals surface area contributed by atoms with E-state index in [1.807, 2.05) is 0 Å². The van der Waals surface area contributed by atoms with Crippen LogP contribution in [0.4, 0.5) is 4.39 Å². The Morgan fingerprint density at radius 2 is 1.41 bits per heavy atom. The summed E-state index contributed by atoms with van der Waals surface area (Å²) in [5, 5.41) is 11.0. The van der Waals surface area contributed by atoms with Crippen molar-refractivity contribution in [3.8, 4) is 0 Å². The van der Waals surface area contributed by atoms with Crippen LogP contribution in [-0.4, -0.2) is 14.4 Å². The van der Waals surface area contributed by atoms with Crippen molar-refractivity contribution in [1.29, 1.82) is 0 Å². The molecule has 0 aliphatic carbocycles. The van der Waals surface area contributed by atoms with Crippen molar-refractivity contribution in [3.63, 3.8) is 0 Å². The predicted molar refractivity (Wildman–Crippen MR) is 95.8 cm³/mol. The Bertz CT molecular complexity index is 1010. The summed E-state index contributed by atoms with van der Waals surface area (Å²) in [6.07, 6.45) is 0. The Morgan fingerprint density at radius 1 is 0.889 bits per heavy atom. The first kappa shape index (κ1) is 18.8. The second-order valence-corrected chi connectivity index (χ2v) is 7.49. The maximum atomic E-state index is 14.2. The minimum absolute atomic E-state index is 0.423. The summed E-state index contributed by atoms with van der Waals surface area (Å²) < 4.78 is 42.3. The molecule has 3 aromatic carbocycles. The van der Waals surface area contributed by atoms with E-state index in [4.69, 9.17) is 0 Å². The second-order valence-electron chi connectivity index (χ2n) is 5.81. The Morgan fingerprint density at radius 3 is 1.89 bits per heavy atom. The van der Waals surface area contributed by atoms with Crippen molar-refractivity contribution >= 4 is 16.0 Å². The molecule has 0 saturated heterocycles. The number of sulfonamides is 1. The third kappa shape index (κ3) is 4.21. The molecule has 0 bridgehead atoms. The highest BCUT2D eigenvalue weighted by Gasteiger charge is 2.25. The van der Waals surface area contributed by atoms with Gasteiger partial charge < -0.3 is 9.90 Å². The zero-order chi connectivity index (χ0) is 19.4. The van der Waals surface area contributed by atoms with E-state index < -0.39 is 38.3 Å². The van der Waals surface area contributed by atoms with Crippen molar-refractivity contribution in [1.82, 2.24) is 4.72 Å². The lowest BCUT2D eigenvalue weighted by molar-refractivity contribution is -0.255. The molecule has 0 spiro atoms. The van der Waals surface area contributed by atoms with Gasteiger partial charge in [-0.15, -0.1) is 0 Å². The zero-order valence-corrected chi connectivity index (χ0v) is 14.8. The molecule has 0 heterocycles. The Balaban J connectivity index is 2.06. The third-order valence-electron chi connectivity index (χ3n) is 4.00. The number of carboxylic acid groups (broad SMARTS) is 1. The number of carbonyl (C=O) groups is 1. The minimum atomic E-state index is -4.36. The maximum Gasteiger partial charge on any atom is 0.244 e. The lowest BCUT2D eigenvalue weighted by atomic mass is 10.00. The van der Waals surface area contributed by atoms with Crippen molar-refractivity contribution in [2.45, 2.75) is 10.9 Å².